The molecule has 0 spiro atoms. The number of nitrogens with one attached hydrogen (secondary N) is 1. The van der Waals surface area contributed by atoms with Gasteiger partial charge in [-0.25, -0.2) is 9.82 Å². The molecule has 0 radical (unpaired) electrons. The molecule has 2 rings (SSSR count). The van der Waals surface area contributed by atoms with Gasteiger partial charge in [0, 0.05) is 10.0 Å². The number of hydrogen-bond donors (Lipinski definition) is 1. The molecule has 0 aliphatic heterocycles. The summed E-state index contributed by atoms with van der Waals surface area (Å²) in [7, 11) is 0. The van der Waals surface area contributed by atoms with Crippen molar-refractivity contribution in [2.75, 3.05) is 0 Å². The Kier molecular flexibility index (Phi) is 4.41. The number of carbonyl (C=O) groups is 1. The summed E-state index contributed by atoms with van der Waals surface area (Å²) in [5, 5.41) is 3.73. The summed E-state index contributed by atoms with van der Waals surface area (Å²) < 4.78 is 14.0. The second kappa shape index (κ2) is 6.24. The highest BCUT2D eigenvalue weighted by Crippen LogP contribution is 2.15. The Labute approximate surface area is 118 Å². The van der Waals surface area contributed by atoms with Crippen molar-refractivity contribution < 1.29 is 9.18 Å². The first-order valence-electron chi connectivity index (χ1n) is 5.51. The Hall–Kier alpha value is -2.01. The van der Waals surface area contributed by atoms with Gasteiger partial charge in [0.1, 0.15) is 5.82 Å². The summed E-state index contributed by atoms with van der Waals surface area (Å²) in [6, 6.07) is 13.2. The van der Waals surface area contributed by atoms with E-state index >= 15 is 0 Å². The topological polar surface area (TPSA) is 41.5 Å². The first kappa shape index (κ1) is 13.4. The lowest BCUT2D eigenvalue weighted by atomic mass is 10.2. The molecular formula is C14H10BrFN2O. The van der Waals surface area contributed by atoms with E-state index in [0.717, 1.165) is 0 Å². The highest BCUT2D eigenvalue weighted by molar-refractivity contribution is 9.10. The molecule has 96 valence electrons. The Balaban J connectivity index is 2.06. The molecule has 5 heteroatoms. The number of carbonyl (C=O) groups excluding carboxylic acids is 1. The largest absolute Gasteiger partial charge is 0.272 e. The van der Waals surface area contributed by atoms with E-state index in [1.807, 2.05) is 6.07 Å². The van der Waals surface area contributed by atoms with Gasteiger partial charge in [-0.15, -0.1) is 0 Å². The smallest absolute Gasteiger partial charge is 0.267 e. The third kappa shape index (κ3) is 3.48. The quantitative estimate of drug-likeness (QED) is 0.684. The summed E-state index contributed by atoms with van der Waals surface area (Å²) >= 11 is 3.27. The molecule has 2 aromatic rings. The van der Waals surface area contributed by atoms with Crippen molar-refractivity contribution in [3.05, 3.63) is 69.9 Å². The van der Waals surface area contributed by atoms with E-state index in [2.05, 4.69) is 26.5 Å². The summed E-state index contributed by atoms with van der Waals surface area (Å²) in [4.78, 5) is 11.8. The van der Waals surface area contributed by atoms with Crippen LogP contribution in [0.1, 0.15) is 15.9 Å². The van der Waals surface area contributed by atoms with E-state index in [1.54, 1.807) is 36.4 Å². The predicted octanol–water partition coefficient (Wildman–Crippen LogP) is 3.35. The highest BCUT2D eigenvalue weighted by atomic mass is 79.9. The Morgan fingerprint density at radius 2 is 1.84 bits per heavy atom. The maximum atomic E-state index is 13.3. The van der Waals surface area contributed by atoms with Crippen molar-refractivity contribution in [3.8, 4) is 0 Å². The molecule has 0 aliphatic rings. The summed E-state index contributed by atoms with van der Waals surface area (Å²) in [6.07, 6.45) is 1.27. The molecule has 3 nitrogen and oxygen atoms in total. The predicted molar refractivity (Wildman–Crippen MR) is 75.6 cm³/mol. The van der Waals surface area contributed by atoms with Gasteiger partial charge in [-0.3, -0.25) is 4.79 Å². The van der Waals surface area contributed by atoms with Gasteiger partial charge in [0.2, 0.25) is 0 Å². The standard InChI is InChI=1S/C14H10BrFN2O/c15-12-7-3-2-6-11(12)14(19)18-17-9-10-5-1-4-8-13(10)16/h1-9H,(H,18,19)/b17-9-. The van der Waals surface area contributed by atoms with Gasteiger partial charge in [0.05, 0.1) is 11.8 Å². The normalized spacial score (nSPS) is 10.6. The SMILES string of the molecule is O=C(N/N=C\c1ccccc1F)c1ccccc1Br. The highest BCUT2D eigenvalue weighted by Gasteiger charge is 2.07. The van der Waals surface area contributed by atoms with Crippen LogP contribution in [0.5, 0.6) is 0 Å². The first-order valence-corrected chi connectivity index (χ1v) is 6.30. The van der Waals surface area contributed by atoms with E-state index in [-0.39, 0.29) is 11.7 Å². The average Bonchev–Trinajstić information content (AvgIpc) is 2.41. The van der Waals surface area contributed by atoms with Crippen LogP contribution in [0, 0.1) is 5.82 Å². The van der Waals surface area contributed by atoms with Crippen molar-refractivity contribution in [3.63, 3.8) is 0 Å². The molecule has 0 unspecified atom stereocenters. The molecule has 0 aromatic heterocycles. The fourth-order valence-electron chi connectivity index (χ4n) is 1.45. The van der Waals surface area contributed by atoms with Crippen molar-refractivity contribution in [2.45, 2.75) is 0 Å². The second-order valence-corrected chi connectivity index (χ2v) is 4.55. The maximum Gasteiger partial charge on any atom is 0.272 e. The van der Waals surface area contributed by atoms with Gasteiger partial charge < -0.3 is 0 Å². The van der Waals surface area contributed by atoms with Gasteiger partial charge in [0.15, 0.2) is 0 Å². The monoisotopic (exact) mass is 320 g/mol. The number of nitrogens with zero attached hydrogens (tertiary/aromatic N) is 1. The van der Waals surface area contributed by atoms with E-state index in [0.29, 0.717) is 15.6 Å². The van der Waals surface area contributed by atoms with Crippen LogP contribution in [0.25, 0.3) is 0 Å². The number of halogens is 2. The fraction of sp³-hybridized carbons (Fsp3) is 0. The van der Waals surface area contributed by atoms with Crippen LogP contribution in [0.4, 0.5) is 4.39 Å². The third-order valence-electron chi connectivity index (χ3n) is 2.39. The zero-order valence-electron chi connectivity index (χ0n) is 9.81. The Bertz CT molecular complexity index is 628. The molecule has 19 heavy (non-hydrogen) atoms. The maximum absolute atomic E-state index is 13.3. The average molecular weight is 321 g/mol. The number of hydrazone groups is 1. The molecule has 0 heterocycles. The number of amides is 1. The van der Waals surface area contributed by atoms with Crippen LogP contribution in [0.3, 0.4) is 0 Å². The van der Waals surface area contributed by atoms with E-state index in [9.17, 15) is 9.18 Å². The van der Waals surface area contributed by atoms with Crippen LogP contribution in [0.2, 0.25) is 0 Å². The van der Waals surface area contributed by atoms with E-state index < -0.39 is 0 Å². The Morgan fingerprint density at radius 1 is 1.16 bits per heavy atom. The lowest BCUT2D eigenvalue weighted by molar-refractivity contribution is 0.0954. The molecule has 0 fully saturated rings. The summed E-state index contributed by atoms with van der Waals surface area (Å²) in [5.74, 6) is -0.749. The van der Waals surface area contributed by atoms with Gasteiger partial charge in [-0.2, -0.15) is 5.10 Å². The molecule has 1 N–H and O–H groups in total. The van der Waals surface area contributed by atoms with Crippen LogP contribution < -0.4 is 5.43 Å². The van der Waals surface area contributed by atoms with Crippen LogP contribution in [0.15, 0.2) is 58.1 Å². The van der Waals surface area contributed by atoms with Crippen LogP contribution in [-0.4, -0.2) is 12.1 Å². The van der Waals surface area contributed by atoms with Gasteiger partial charge in [0.25, 0.3) is 5.91 Å². The number of hydrogen-bond acceptors (Lipinski definition) is 2. The molecular weight excluding hydrogens is 311 g/mol. The van der Waals surface area contributed by atoms with Gasteiger partial charge in [-0.05, 0) is 34.1 Å². The van der Waals surface area contributed by atoms with E-state index in [4.69, 9.17) is 0 Å². The molecule has 0 atom stereocenters. The minimum atomic E-state index is -0.388. The minimum absolute atomic E-state index is 0.315. The molecule has 0 bridgehead atoms. The molecule has 2 aromatic carbocycles. The lowest BCUT2D eigenvalue weighted by Crippen LogP contribution is -2.18. The number of benzene rings is 2. The van der Waals surface area contributed by atoms with Crippen molar-refractivity contribution >= 4 is 28.1 Å². The number of rotatable bonds is 3. The zero-order valence-corrected chi connectivity index (χ0v) is 11.4. The fourth-order valence-corrected chi connectivity index (χ4v) is 1.91. The van der Waals surface area contributed by atoms with Gasteiger partial charge >= 0.3 is 0 Å². The molecule has 1 amide bonds. The van der Waals surface area contributed by atoms with Crippen molar-refractivity contribution in [1.82, 2.24) is 5.43 Å². The van der Waals surface area contributed by atoms with Crippen molar-refractivity contribution in [2.24, 2.45) is 5.10 Å². The lowest BCUT2D eigenvalue weighted by Gasteiger charge is -2.02. The summed E-state index contributed by atoms with van der Waals surface area (Å²) in [5.41, 5.74) is 3.13. The van der Waals surface area contributed by atoms with Crippen molar-refractivity contribution in [1.29, 1.82) is 0 Å². The van der Waals surface area contributed by atoms with Gasteiger partial charge in [-0.1, -0.05) is 30.3 Å². The Morgan fingerprint density at radius 3 is 2.58 bits per heavy atom. The zero-order chi connectivity index (χ0) is 13.7. The molecule has 0 saturated heterocycles. The van der Waals surface area contributed by atoms with E-state index in [1.165, 1.54) is 12.3 Å². The minimum Gasteiger partial charge on any atom is -0.267 e. The summed E-state index contributed by atoms with van der Waals surface area (Å²) in [6.45, 7) is 0. The van der Waals surface area contributed by atoms with Crippen LogP contribution in [-0.2, 0) is 0 Å². The van der Waals surface area contributed by atoms with Crippen LogP contribution >= 0.6 is 15.9 Å². The molecule has 0 aliphatic carbocycles. The molecule has 0 saturated carbocycles. The second-order valence-electron chi connectivity index (χ2n) is 3.70. The third-order valence-corrected chi connectivity index (χ3v) is 3.08. The first-order chi connectivity index (χ1) is 9.18.